The number of fused-ring (bicyclic) bond motifs is 2. The third kappa shape index (κ3) is 3.78. The van der Waals surface area contributed by atoms with E-state index in [1.165, 1.54) is 22.9 Å². The Kier molecular flexibility index (Phi) is 5.01. The molecule has 170 valence electrons. The lowest BCUT2D eigenvalue weighted by Gasteiger charge is -2.41. The van der Waals surface area contributed by atoms with E-state index in [1.807, 2.05) is 24.3 Å². The first kappa shape index (κ1) is 21.3. The number of hydrogen-bond donors (Lipinski definition) is 4. The van der Waals surface area contributed by atoms with Gasteiger partial charge >= 0.3 is 6.09 Å². The minimum atomic E-state index is -2.49. The topological polar surface area (TPSA) is 135 Å². The lowest BCUT2D eigenvalue weighted by atomic mass is 10.1. The Morgan fingerprint density at radius 1 is 1.18 bits per heavy atom. The Morgan fingerprint density at radius 3 is 2.48 bits per heavy atom. The van der Waals surface area contributed by atoms with Crippen molar-refractivity contribution < 1.29 is 23.4 Å². The van der Waals surface area contributed by atoms with E-state index in [-0.39, 0.29) is 22.7 Å². The molecule has 2 saturated heterocycles. The Morgan fingerprint density at radius 2 is 1.91 bits per heavy atom. The average molecular weight is 469 g/mol. The van der Waals surface area contributed by atoms with Crippen molar-refractivity contribution in [3.63, 3.8) is 0 Å². The van der Waals surface area contributed by atoms with Gasteiger partial charge in [-0.2, -0.15) is 15.9 Å². The van der Waals surface area contributed by atoms with Crippen LogP contribution in [0.15, 0.2) is 48.5 Å². The molecule has 2 bridgehead atoms. The van der Waals surface area contributed by atoms with E-state index in [0.717, 1.165) is 12.1 Å². The van der Waals surface area contributed by atoms with E-state index < -0.39 is 22.5 Å². The summed E-state index contributed by atoms with van der Waals surface area (Å²) in [6, 6.07) is 15.0. The molecule has 2 aliphatic rings. The van der Waals surface area contributed by atoms with Gasteiger partial charge in [0.2, 0.25) is 0 Å². The SMILES string of the molecule is N#Cc1ccc(-c2cc(NC(=O)O)nn2-c2ccc(N3CC4CC3CS4(O)O)cc2)cc1F. The molecule has 2 atom stereocenters. The number of amides is 1. The molecule has 11 heteroatoms. The summed E-state index contributed by atoms with van der Waals surface area (Å²) in [5, 5.41) is 24.5. The number of hydrogen-bond acceptors (Lipinski definition) is 6. The van der Waals surface area contributed by atoms with Crippen LogP contribution in [0.1, 0.15) is 12.0 Å². The third-order valence-corrected chi connectivity index (χ3v) is 8.39. The molecule has 2 unspecified atom stereocenters. The molecule has 3 aromatic rings. The second kappa shape index (κ2) is 7.77. The minimum absolute atomic E-state index is 0.0772. The van der Waals surface area contributed by atoms with Crippen molar-refractivity contribution in [1.82, 2.24) is 9.78 Å². The van der Waals surface area contributed by atoms with E-state index in [9.17, 15) is 18.3 Å². The smallest absolute Gasteiger partial charge is 0.410 e. The highest BCUT2D eigenvalue weighted by atomic mass is 32.3. The predicted molar refractivity (Wildman–Crippen MR) is 123 cm³/mol. The summed E-state index contributed by atoms with van der Waals surface area (Å²) in [5.74, 6) is -0.216. The van der Waals surface area contributed by atoms with Crippen LogP contribution in [0.25, 0.3) is 16.9 Å². The van der Waals surface area contributed by atoms with Crippen LogP contribution in [0.3, 0.4) is 0 Å². The molecule has 5 rings (SSSR count). The molecule has 9 nitrogen and oxygen atoms in total. The number of aromatic nitrogens is 2. The number of rotatable bonds is 4. The molecule has 0 spiro atoms. The first-order valence-corrected chi connectivity index (χ1v) is 11.9. The van der Waals surface area contributed by atoms with Crippen LogP contribution in [0.5, 0.6) is 0 Å². The molecule has 1 amide bonds. The Labute approximate surface area is 190 Å². The van der Waals surface area contributed by atoms with E-state index in [0.29, 0.717) is 29.2 Å². The summed E-state index contributed by atoms with van der Waals surface area (Å²) in [6.45, 7) is 0.594. The molecule has 0 radical (unpaired) electrons. The monoisotopic (exact) mass is 469 g/mol. The van der Waals surface area contributed by atoms with Gasteiger partial charge in [-0.25, -0.2) is 13.9 Å². The van der Waals surface area contributed by atoms with Gasteiger partial charge in [-0.3, -0.25) is 14.4 Å². The van der Waals surface area contributed by atoms with Crippen molar-refractivity contribution in [2.24, 2.45) is 0 Å². The fraction of sp³-hybridized carbons (Fsp3) is 0.227. The van der Waals surface area contributed by atoms with Gasteiger partial charge in [0.1, 0.15) is 11.9 Å². The molecular formula is C22H20FN5O4S. The summed E-state index contributed by atoms with van der Waals surface area (Å²) >= 11 is 0. The van der Waals surface area contributed by atoms with Crippen molar-refractivity contribution in [1.29, 1.82) is 5.26 Å². The normalized spacial score (nSPS) is 21.6. The van der Waals surface area contributed by atoms with E-state index >= 15 is 0 Å². The number of nitrogens with zero attached hydrogens (tertiary/aromatic N) is 4. The minimum Gasteiger partial charge on any atom is -0.465 e. The van der Waals surface area contributed by atoms with Crippen molar-refractivity contribution in [2.75, 3.05) is 22.5 Å². The molecule has 33 heavy (non-hydrogen) atoms. The molecule has 2 aliphatic heterocycles. The van der Waals surface area contributed by atoms with Gasteiger partial charge < -0.3 is 10.0 Å². The Hall–Kier alpha value is -3.59. The number of halogens is 1. The predicted octanol–water partition coefficient (Wildman–Crippen LogP) is 4.35. The first-order valence-electron chi connectivity index (χ1n) is 10.2. The molecule has 1 aromatic heterocycles. The molecule has 2 aromatic carbocycles. The molecule has 2 fully saturated rings. The Balaban J connectivity index is 1.48. The Bertz CT molecular complexity index is 1290. The average Bonchev–Trinajstić information content (AvgIpc) is 3.45. The van der Waals surface area contributed by atoms with Crippen molar-refractivity contribution in [3.05, 3.63) is 59.9 Å². The van der Waals surface area contributed by atoms with Crippen LogP contribution in [-0.2, 0) is 0 Å². The first-order chi connectivity index (χ1) is 15.7. The highest BCUT2D eigenvalue weighted by Gasteiger charge is 2.48. The van der Waals surface area contributed by atoms with E-state index in [4.69, 9.17) is 10.4 Å². The molecule has 4 N–H and O–H groups in total. The van der Waals surface area contributed by atoms with Crippen LogP contribution in [0.2, 0.25) is 0 Å². The second-order valence-corrected chi connectivity index (χ2v) is 10.6. The number of carbonyl (C=O) groups is 1. The van der Waals surface area contributed by atoms with Crippen molar-refractivity contribution in [3.8, 4) is 23.0 Å². The van der Waals surface area contributed by atoms with Crippen molar-refractivity contribution >= 4 is 28.2 Å². The van der Waals surface area contributed by atoms with Gasteiger partial charge in [0.05, 0.1) is 27.9 Å². The van der Waals surface area contributed by atoms with Crippen LogP contribution in [-0.4, -0.2) is 53.7 Å². The number of nitrogens with one attached hydrogen (secondary N) is 1. The summed E-state index contributed by atoms with van der Waals surface area (Å²) in [7, 11) is -2.49. The number of benzene rings is 2. The summed E-state index contributed by atoms with van der Waals surface area (Å²) in [5.41, 5.74) is 2.37. The summed E-state index contributed by atoms with van der Waals surface area (Å²) < 4.78 is 36.0. The third-order valence-electron chi connectivity index (χ3n) is 6.10. The zero-order valence-electron chi connectivity index (χ0n) is 17.2. The van der Waals surface area contributed by atoms with E-state index in [2.05, 4.69) is 15.3 Å². The second-order valence-electron chi connectivity index (χ2n) is 8.13. The van der Waals surface area contributed by atoms with Gasteiger partial charge in [-0.1, -0.05) is 6.07 Å². The van der Waals surface area contributed by atoms with Crippen LogP contribution in [0, 0.1) is 17.1 Å². The zero-order chi connectivity index (χ0) is 23.3. The largest absolute Gasteiger partial charge is 0.465 e. The lowest BCUT2D eigenvalue weighted by molar-refractivity contribution is 0.209. The van der Waals surface area contributed by atoms with Gasteiger partial charge in [0, 0.05) is 29.9 Å². The molecule has 0 aliphatic carbocycles. The number of anilines is 2. The molecular weight excluding hydrogens is 449 g/mol. The maximum atomic E-state index is 14.2. The number of carboxylic acid groups (broad SMARTS) is 1. The summed E-state index contributed by atoms with van der Waals surface area (Å²) in [4.78, 5) is 13.3. The number of nitriles is 1. The van der Waals surface area contributed by atoms with Crippen LogP contribution < -0.4 is 10.2 Å². The summed E-state index contributed by atoms with van der Waals surface area (Å²) in [6.07, 6.45) is -0.510. The quantitative estimate of drug-likeness (QED) is 0.446. The van der Waals surface area contributed by atoms with Crippen LogP contribution >= 0.6 is 10.6 Å². The van der Waals surface area contributed by atoms with Crippen LogP contribution in [0.4, 0.5) is 20.7 Å². The maximum absolute atomic E-state index is 14.2. The highest BCUT2D eigenvalue weighted by Crippen LogP contribution is 2.58. The molecule has 0 saturated carbocycles. The maximum Gasteiger partial charge on any atom is 0.410 e. The van der Waals surface area contributed by atoms with Gasteiger partial charge in [0.25, 0.3) is 0 Å². The van der Waals surface area contributed by atoms with Gasteiger partial charge in [-0.05, 0) is 42.8 Å². The van der Waals surface area contributed by atoms with Crippen molar-refractivity contribution in [2.45, 2.75) is 17.7 Å². The fourth-order valence-electron chi connectivity index (χ4n) is 4.55. The fourth-order valence-corrected chi connectivity index (χ4v) is 6.63. The van der Waals surface area contributed by atoms with E-state index in [1.54, 1.807) is 12.1 Å². The molecule has 3 heterocycles. The standard InChI is InChI=1S/C22H20FN5O4S/c23-19-7-13(1-2-14(19)10-24)20-9-21(25-22(29)30)26-28(20)16-5-3-15(4-6-16)27-11-18-8-17(27)12-33(18,31)32/h1-7,9,17-18,31-32H,8,11-12H2,(H,25,26)(H,29,30). The highest BCUT2D eigenvalue weighted by molar-refractivity contribution is 8.25. The van der Waals surface area contributed by atoms with Gasteiger partial charge in [0.15, 0.2) is 5.82 Å². The lowest BCUT2D eigenvalue weighted by Crippen LogP contribution is -2.38. The van der Waals surface area contributed by atoms with Gasteiger partial charge in [-0.15, -0.1) is 5.10 Å². The zero-order valence-corrected chi connectivity index (χ0v) is 18.0.